The van der Waals surface area contributed by atoms with Crippen LogP contribution in [0, 0.1) is 0 Å². The Kier molecular flexibility index (Phi) is 6.24. The zero-order valence-corrected chi connectivity index (χ0v) is 19.4. The Balaban J connectivity index is 1.54. The second kappa shape index (κ2) is 9.62. The Morgan fingerprint density at radius 2 is 2.00 bits per heavy atom. The van der Waals surface area contributed by atoms with E-state index in [9.17, 15) is 9.59 Å². The minimum absolute atomic E-state index is 0.0872. The highest BCUT2D eigenvalue weighted by molar-refractivity contribution is 7.10. The molecule has 2 atom stereocenters. The molecule has 0 fully saturated rings. The summed E-state index contributed by atoms with van der Waals surface area (Å²) in [6.07, 6.45) is 3.56. The second-order valence-corrected chi connectivity index (χ2v) is 8.99. The van der Waals surface area contributed by atoms with Gasteiger partial charge >= 0.3 is 0 Å². The van der Waals surface area contributed by atoms with Crippen LogP contribution in [0.4, 0.5) is 5.69 Å². The number of nitrogens with zero attached hydrogens (tertiary/aromatic N) is 3. The topological polar surface area (TPSA) is 76.5 Å². The molecule has 2 aromatic heterocycles. The molecule has 8 heteroatoms. The highest BCUT2D eigenvalue weighted by Crippen LogP contribution is 2.44. The van der Waals surface area contributed by atoms with Gasteiger partial charge in [0.05, 0.1) is 24.3 Å². The maximum atomic E-state index is 13.9. The highest BCUT2D eigenvalue weighted by atomic mass is 32.1. The van der Waals surface area contributed by atoms with Crippen LogP contribution in [-0.4, -0.2) is 46.8 Å². The molecule has 3 heterocycles. The zero-order valence-electron chi connectivity index (χ0n) is 18.6. The highest BCUT2D eigenvalue weighted by Gasteiger charge is 2.44. The molecule has 0 saturated carbocycles. The minimum Gasteiger partial charge on any atom is -0.383 e. The van der Waals surface area contributed by atoms with E-state index >= 15 is 0 Å². The van der Waals surface area contributed by atoms with Crippen LogP contribution in [0.25, 0.3) is 5.69 Å². The van der Waals surface area contributed by atoms with Crippen LogP contribution in [-0.2, 0) is 9.53 Å². The van der Waals surface area contributed by atoms with Gasteiger partial charge in [0.1, 0.15) is 0 Å². The first-order valence-electron chi connectivity index (χ1n) is 11.0. The average Bonchev–Trinajstić information content (AvgIpc) is 3.58. The van der Waals surface area contributed by atoms with E-state index in [2.05, 4.69) is 10.4 Å². The van der Waals surface area contributed by atoms with E-state index in [0.717, 1.165) is 16.1 Å². The average molecular weight is 473 g/mol. The number of aromatic nitrogens is 2. The molecule has 5 rings (SSSR count). The molecule has 0 radical (unpaired) electrons. The molecule has 0 aliphatic carbocycles. The molecule has 2 unspecified atom stereocenters. The van der Waals surface area contributed by atoms with Crippen molar-refractivity contribution in [1.29, 1.82) is 0 Å². The molecular weight excluding hydrogens is 448 g/mol. The number of hydrogen-bond acceptors (Lipinski definition) is 5. The molecule has 1 N–H and O–H groups in total. The maximum Gasteiger partial charge on any atom is 0.254 e. The van der Waals surface area contributed by atoms with Crippen molar-refractivity contribution in [2.24, 2.45) is 0 Å². The molecule has 1 aliphatic rings. The molecule has 0 saturated heterocycles. The summed E-state index contributed by atoms with van der Waals surface area (Å²) in [6.45, 7) is 0.779. The van der Waals surface area contributed by atoms with E-state index in [1.807, 2.05) is 72.2 Å². The largest absolute Gasteiger partial charge is 0.383 e. The number of amides is 2. The van der Waals surface area contributed by atoms with Gasteiger partial charge < -0.3 is 15.0 Å². The number of anilines is 1. The summed E-state index contributed by atoms with van der Waals surface area (Å²) < 4.78 is 7.03. The Bertz CT molecular complexity index is 1290. The van der Waals surface area contributed by atoms with Crippen molar-refractivity contribution in [3.8, 4) is 5.69 Å². The molecule has 172 valence electrons. The van der Waals surface area contributed by atoms with Gasteiger partial charge in [-0.1, -0.05) is 30.3 Å². The predicted octanol–water partition coefficient (Wildman–Crippen LogP) is 4.50. The van der Waals surface area contributed by atoms with E-state index in [4.69, 9.17) is 4.74 Å². The number of hydrogen-bond donors (Lipinski definition) is 1. The third kappa shape index (κ3) is 4.13. The first-order chi connectivity index (χ1) is 16.7. The Labute approximate surface area is 201 Å². The van der Waals surface area contributed by atoms with Gasteiger partial charge in [0.2, 0.25) is 5.91 Å². The summed E-state index contributed by atoms with van der Waals surface area (Å²) in [5.41, 5.74) is 2.80. The first kappa shape index (κ1) is 22.1. The van der Waals surface area contributed by atoms with Gasteiger partial charge in [0, 0.05) is 42.2 Å². The fourth-order valence-corrected chi connectivity index (χ4v) is 5.33. The minimum atomic E-state index is -0.572. The number of methoxy groups -OCH3 is 1. The summed E-state index contributed by atoms with van der Waals surface area (Å²) >= 11 is 1.55. The van der Waals surface area contributed by atoms with E-state index < -0.39 is 12.0 Å². The number of nitrogens with one attached hydrogen (secondary N) is 1. The lowest BCUT2D eigenvalue weighted by molar-refractivity contribution is -0.119. The SMILES string of the molecule is COCCN1C(=O)c2ccccc2C(C(=O)Nc2cccc(-n3cccn3)c2)C1c1cccs1. The van der Waals surface area contributed by atoms with Crippen molar-refractivity contribution in [3.05, 3.63) is 101 Å². The summed E-state index contributed by atoms with van der Waals surface area (Å²) in [4.78, 5) is 30.1. The smallest absolute Gasteiger partial charge is 0.254 e. The zero-order chi connectivity index (χ0) is 23.5. The van der Waals surface area contributed by atoms with Crippen molar-refractivity contribution in [2.45, 2.75) is 12.0 Å². The third-order valence-corrected chi connectivity index (χ3v) is 6.92. The van der Waals surface area contributed by atoms with Crippen LogP contribution >= 0.6 is 11.3 Å². The number of carbonyl (C=O) groups is 2. The standard InChI is InChI=1S/C26H24N4O3S/c1-33-15-14-29-24(22-11-5-16-34-22)23(20-9-2-3-10-21(20)26(29)32)25(31)28-18-7-4-8-19(17-18)30-13-6-12-27-30/h2-13,16-17,23-24H,14-15H2,1H3,(H,28,31). The van der Waals surface area contributed by atoms with Gasteiger partial charge in [0.25, 0.3) is 5.91 Å². The Hall–Kier alpha value is -3.75. The third-order valence-electron chi connectivity index (χ3n) is 5.97. The van der Waals surface area contributed by atoms with Gasteiger partial charge in [-0.2, -0.15) is 5.10 Å². The van der Waals surface area contributed by atoms with Crippen LogP contribution < -0.4 is 5.32 Å². The normalized spacial score (nSPS) is 17.4. The number of fused-ring (bicyclic) bond motifs is 1. The van der Waals surface area contributed by atoms with Crippen LogP contribution in [0.5, 0.6) is 0 Å². The lowest BCUT2D eigenvalue weighted by atomic mass is 9.81. The van der Waals surface area contributed by atoms with Crippen molar-refractivity contribution < 1.29 is 14.3 Å². The van der Waals surface area contributed by atoms with E-state index in [0.29, 0.717) is 24.4 Å². The van der Waals surface area contributed by atoms with Crippen LogP contribution in [0.2, 0.25) is 0 Å². The molecule has 34 heavy (non-hydrogen) atoms. The van der Waals surface area contributed by atoms with Crippen LogP contribution in [0.15, 0.2) is 84.5 Å². The van der Waals surface area contributed by atoms with Crippen molar-refractivity contribution in [3.63, 3.8) is 0 Å². The number of thiophene rings is 1. The number of rotatable bonds is 7. The molecule has 2 aromatic carbocycles. The Morgan fingerprint density at radius 3 is 2.76 bits per heavy atom. The summed E-state index contributed by atoms with van der Waals surface area (Å²) in [5.74, 6) is -0.827. The molecule has 0 spiro atoms. The van der Waals surface area contributed by atoms with Gasteiger partial charge in [0.15, 0.2) is 0 Å². The fourth-order valence-electron chi connectivity index (χ4n) is 4.45. The molecule has 1 aliphatic heterocycles. The molecule has 7 nitrogen and oxygen atoms in total. The molecule has 0 bridgehead atoms. The van der Waals surface area contributed by atoms with E-state index in [1.165, 1.54) is 0 Å². The van der Waals surface area contributed by atoms with Crippen molar-refractivity contribution in [1.82, 2.24) is 14.7 Å². The first-order valence-corrected chi connectivity index (χ1v) is 11.9. The van der Waals surface area contributed by atoms with Crippen molar-refractivity contribution >= 4 is 28.8 Å². The van der Waals surface area contributed by atoms with Gasteiger partial charge in [-0.3, -0.25) is 9.59 Å². The quantitative estimate of drug-likeness (QED) is 0.430. The van der Waals surface area contributed by atoms with Gasteiger partial charge in [-0.25, -0.2) is 4.68 Å². The van der Waals surface area contributed by atoms with Crippen LogP contribution in [0.1, 0.15) is 32.8 Å². The summed E-state index contributed by atoms with van der Waals surface area (Å²) in [7, 11) is 1.61. The fraction of sp³-hybridized carbons (Fsp3) is 0.192. The summed E-state index contributed by atoms with van der Waals surface area (Å²) in [6, 6.07) is 20.3. The van der Waals surface area contributed by atoms with Crippen LogP contribution in [0.3, 0.4) is 0 Å². The maximum absolute atomic E-state index is 13.9. The molecular formula is C26H24N4O3S. The van der Waals surface area contributed by atoms with E-state index in [1.54, 1.807) is 40.3 Å². The van der Waals surface area contributed by atoms with Gasteiger partial charge in [-0.05, 0) is 47.3 Å². The number of ether oxygens (including phenoxy) is 1. The van der Waals surface area contributed by atoms with Crippen molar-refractivity contribution in [2.75, 3.05) is 25.6 Å². The lowest BCUT2D eigenvalue weighted by Crippen LogP contribution is -2.47. The predicted molar refractivity (Wildman–Crippen MR) is 131 cm³/mol. The molecule has 4 aromatic rings. The monoisotopic (exact) mass is 472 g/mol. The second-order valence-electron chi connectivity index (χ2n) is 8.01. The number of benzene rings is 2. The lowest BCUT2D eigenvalue weighted by Gasteiger charge is -2.41. The van der Waals surface area contributed by atoms with E-state index in [-0.39, 0.29) is 11.8 Å². The number of carbonyl (C=O) groups excluding carboxylic acids is 2. The molecule has 2 amide bonds. The Morgan fingerprint density at radius 1 is 1.12 bits per heavy atom. The summed E-state index contributed by atoms with van der Waals surface area (Å²) in [5, 5.41) is 9.33. The van der Waals surface area contributed by atoms with Gasteiger partial charge in [-0.15, -0.1) is 11.3 Å².